The molecule has 2 N–H and O–H groups in total. The Morgan fingerprint density at radius 2 is 1.59 bits per heavy atom. The number of carbonyl (C=O) groups is 1. The summed E-state index contributed by atoms with van der Waals surface area (Å²) in [6.07, 6.45) is 0.853. The van der Waals surface area contributed by atoms with Crippen LogP contribution in [0.2, 0.25) is 0 Å². The summed E-state index contributed by atoms with van der Waals surface area (Å²) in [7, 11) is -7.94. The molecule has 2 aromatic rings. The van der Waals surface area contributed by atoms with Crippen molar-refractivity contribution >= 4 is 31.7 Å². The molecule has 2 amide bonds. The Kier molecular flexibility index (Phi) is 5.78. The predicted octanol–water partition coefficient (Wildman–Crippen LogP) is 1.80. The van der Waals surface area contributed by atoms with Crippen molar-refractivity contribution in [1.82, 2.24) is 10.6 Å². The quantitative estimate of drug-likeness (QED) is 0.667. The van der Waals surface area contributed by atoms with Crippen LogP contribution in [0.3, 0.4) is 0 Å². The summed E-state index contributed by atoms with van der Waals surface area (Å²) in [4.78, 5) is 12.0. The summed E-state index contributed by atoms with van der Waals surface area (Å²) >= 11 is 0. The first-order chi connectivity index (χ1) is 13.6. The van der Waals surface area contributed by atoms with Gasteiger partial charge in [0, 0.05) is 0 Å². The normalized spacial score (nSPS) is 17.6. The van der Waals surface area contributed by atoms with Gasteiger partial charge in [0.15, 0.2) is 0 Å². The average Bonchev–Trinajstić information content (AvgIpc) is 2.66. The summed E-state index contributed by atoms with van der Waals surface area (Å²) in [5, 5.41) is 4.99. The number of rotatable bonds is 6. The molecule has 0 radical (unpaired) electrons. The number of urea groups is 1. The van der Waals surface area contributed by atoms with E-state index >= 15 is 0 Å². The second-order valence-electron chi connectivity index (χ2n) is 6.56. The maximum absolute atomic E-state index is 13.5. The van der Waals surface area contributed by atoms with E-state index in [-0.39, 0.29) is 15.5 Å². The minimum Gasteiger partial charge on any atom is -0.328 e. The van der Waals surface area contributed by atoms with Crippen LogP contribution < -0.4 is 10.6 Å². The molecule has 1 atom stereocenters. The maximum Gasteiger partial charge on any atom is 0.319 e. The van der Waals surface area contributed by atoms with Crippen LogP contribution >= 0.6 is 0 Å². The standard InChI is InChI=1S/C19H20N2O6S2/c1-13-8-10-15(11-9-13)29(25,26)18-16(12-27-28(2,23)24)20-19(22)21-17(18)14-6-4-3-5-7-14/h3-11,16H,12H2,1-2H3,(H2,20,21,22). The van der Waals surface area contributed by atoms with E-state index in [1.54, 1.807) is 42.5 Å². The van der Waals surface area contributed by atoms with Crippen LogP contribution in [0.1, 0.15) is 11.1 Å². The molecule has 3 rings (SSSR count). The third-order valence-electron chi connectivity index (χ3n) is 4.24. The Balaban J connectivity index is 2.21. The molecule has 0 saturated heterocycles. The van der Waals surface area contributed by atoms with Crippen molar-refractivity contribution < 1.29 is 25.8 Å². The van der Waals surface area contributed by atoms with E-state index in [1.165, 1.54) is 12.1 Å². The molecule has 10 heteroatoms. The molecule has 1 unspecified atom stereocenters. The van der Waals surface area contributed by atoms with Gasteiger partial charge in [0.1, 0.15) is 0 Å². The van der Waals surface area contributed by atoms with Gasteiger partial charge in [-0.3, -0.25) is 4.18 Å². The molecule has 0 aliphatic carbocycles. The van der Waals surface area contributed by atoms with Gasteiger partial charge < -0.3 is 10.6 Å². The Labute approximate surface area is 169 Å². The monoisotopic (exact) mass is 436 g/mol. The maximum atomic E-state index is 13.5. The molecular formula is C19H20N2O6S2. The van der Waals surface area contributed by atoms with Crippen molar-refractivity contribution in [3.05, 3.63) is 70.6 Å². The van der Waals surface area contributed by atoms with Crippen molar-refractivity contribution in [2.75, 3.05) is 12.9 Å². The highest BCUT2D eigenvalue weighted by molar-refractivity contribution is 7.95. The fourth-order valence-corrected chi connectivity index (χ4v) is 4.97. The number of hydrogen-bond donors (Lipinski definition) is 2. The summed E-state index contributed by atoms with van der Waals surface area (Å²) < 4.78 is 54.7. The number of hydrogen-bond acceptors (Lipinski definition) is 6. The van der Waals surface area contributed by atoms with Gasteiger partial charge in [-0.25, -0.2) is 13.2 Å². The first-order valence-electron chi connectivity index (χ1n) is 8.61. The van der Waals surface area contributed by atoms with Gasteiger partial charge in [0.2, 0.25) is 9.84 Å². The zero-order valence-corrected chi connectivity index (χ0v) is 17.4. The van der Waals surface area contributed by atoms with Crippen LogP contribution in [0.15, 0.2) is 64.4 Å². The SMILES string of the molecule is Cc1ccc(S(=O)(=O)C2=C(c3ccccc3)NC(=O)NC2COS(C)(=O)=O)cc1. The Morgan fingerprint density at radius 3 is 2.17 bits per heavy atom. The fraction of sp³-hybridized carbons (Fsp3) is 0.211. The smallest absolute Gasteiger partial charge is 0.319 e. The number of carbonyl (C=O) groups excluding carboxylic acids is 1. The molecule has 0 bridgehead atoms. The molecule has 1 heterocycles. The predicted molar refractivity (Wildman–Crippen MR) is 108 cm³/mol. The molecular weight excluding hydrogens is 416 g/mol. The lowest BCUT2D eigenvalue weighted by Gasteiger charge is -2.29. The molecule has 0 saturated carbocycles. The van der Waals surface area contributed by atoms with E-state index in [1.807, 2.05) is 6.92 Å². The van der Waals surface area contributed by atoms with Crippen molar-refractivity contribution in [3.63, 3.8) is 0 Å². The largest absolute Gasteiger partial charge is 0.328 e. The minimum absolute atomic E-state index is 0.0221. The number of aryl methyl sites for hydroxylation is 1. The Morgan fingerprint density at radius 1 is 0.966 bits per heavy atom. The van der Waals surface area contributed by atoms with Crippen LogP contribution in [-0.2, 0) is 24.1 Å². The molecule has 154 valence electrons. The van der Waals surface area contributed by atoms with Crippen molar-refractivity contribution in [3.8, 4) is 0 Å². The van der Waals surface area contributed by atoms with E-state index in [4.69, 9.17) is 4.18 Å². The van der Waals surface area contributed by atoms with Gasteiger partial charge in [-0.15, -0.1) is 0 Å². The van der Waals surface area contributed by atoms with Crippen LogP contribution in [-0.4, -0.2) is 41.8 Å². The van der Waals surface area contributed by atoms with Crippen molar-refractivity contribution in [2.24, 2.45) is 0 Å². The van der Waals surface area contributed by atoms with Gasteiger partial charge in [-0.05, 0) is 24.6 Å². The van der Waals surface area contributed by atoms with E-state index < -0.39 is 38.6 Å². The summed E-state index contributed by atoms with van der Waals surface area (Å²) in [5.74, 6) is 0. The van der Waals surface area contributed by atoms with Gasteiger partial charge in [-0.2, -0.15) is 8.42 Å². The third kappa shape index (κ3) is 4.84. The number of sulfone groups is 1. The molecule has 8 nitrogen and oxygen atoms in total. The highest BCUT2D eigenvalue weighted by Crippen LogP contribution is 2.31. The molecule has 1 aliphatic heterocycles. The van der Waals surface area contributed by atoms with E-state index in [0.717, 1.165) is 11.8 Å². The molecule has 1 aliphatic rings. The topological polar surface area (TPSA) is 119 Å². The highest BCUT2D eigenvalue weighted by atomic mass is 32.2. The number of benzene rings is 2. The minimum atomic E-state index is -4.09. The molecule has 0 fully saturated rings. The summed E-state index contributed by atoms with van der Waals surface area (Å²) in [6, 6.07) is 12.9. The van der Waals surface area contributed by atoms with Crippen LogP contribution in [0.25, 0.3) is 5.70 Å². The summed E-state index contributed by atoms with van der Waals surface area (Å²) in [6.45, 7) is 1.28. The lowest BCUT2D eigenvalue weighted by atomic mass is 10.1. The van der Waals surface area contributed by atoms with Crippen molar-refractivity contribution in [2.45, 2.75) is 17.9 Å². The van der Waals surface area contributed by atoms with Crippen LogP contribution in [0.5, 0.6) is 0 Å². The highest BCUT2D eigenvalue weighted by Gasteiger charge is 2.37. The van der Waals surface area contributed by atoms with Gasteiger partial charge in [0.05, 0.1) is 34.4 Å². The zero-order chi connectivity index (χ0) is 21.2. The van der Waals surface area contributed by atoms with Gasteiger partial charge >= 0.3 is 6.03 Å². The van der Waals surface area contributed by atoms with Gasteiger partial charge in [-0.1, -0.05) is 48.0 Å². The third-order valence-corrected chi connectivity index (χ3v) is 6.76. The van der Waals surface area contributed by atoms with Gasteiger partial charge in [0.25, 0.3) is 10.1 Å². The van der Waals surface area contributed by atoms with E-state index in [0.29, 0.717) is 5.56 Å². The lowest BCUT2D eigenvalue weighted by molar-refractivity contribution is 0.231. The van der Waals surface area contributed by atoms with Crippen LogP contribution in [0, 0.1) is 6.92 Å². The van der Waals surface area contributed by atoms with Crippen molar-refractivity contribution in [1.29, 1.82) is 0 Å². The summed E-state index contributed by atoms with van der Waals surface area (Å²) in [5.41, 5.74) is 1.43. The zero-order valence-electron chi connectivity index (χ0n) is 15.7. The first kappa shape index (κ1) is 21.0. The molecule has 0 spiro atoms. The second kappa shape index (κ2) is 7.97. The number of nitrogens with one attached hydrogen (secondary N) is 2. The Hall–Kier alpha value is -2.69. The molecule has 0 aromatic heterocycles. The average molecular weight is 437 g/mol. The van der Waals surface area contributed by atoms with Crippen LogP contribution in [0.4, 0.5) is 4.79 Å². The first-order valence-corrected chi connectivity index (χ1v) is 11.9. The van der Waals surface area contributed by atoms with E-state index in [9.17, 15) is 21.6 Å². The lowest BCUT2D eigenvalue weighted by Crippen LogP contribution is -2.51. The van der Waals surface area contributed by atoms with E-state index in [2.05, 4.69) is 10.6 Å². The molecule has 29 heavy (non-hydrogen) atoms. The number of amides is 2. The molecule has 2 aromatic carbocycles. The second-order valence-corrected chi connectivity index (χ2v) is 10.1. The fourth-order valence-electron chi connectivity index (χ4n) is 2.90. The Bertz CT molecular complexity index is 1150.